The lowest BCUT2D eigenvalue weighted by Crippen LogP contribution is -2.50. The van der Waals surface area contributed by atoms with Crippen LogP contribution in [0.15, 0.2) is 24.3 Å². The molecule has 0 saturated carbocycles. The normalized spacial score (nSPS) is 21.2. The van der Waals surface area contributed by atoms with Crippen molar-refractivity contribution in [2.45, 2.75) is 37.6 Å². The molecule has 2 aliphatic rings. The molecule has 1 aliphatic heterocycles. The Bertz CT molecular complexity index is 885. The molecule has 2 aromatic rings. The monoisotopic (exact) mass is 373 g/mol. The van der Waals surface area contributed by atoms with Gasteiger partial charge in [0.15, 0.2) is 5.69 Å². The van der Waals surface area contributed by atoms with Crippen molar-refractivity contribution in [3.05, 3.63) is 47.0 Å². The van der Waals surface area contributed by atoms with Crippen LogP contribution in [0.25, 0.3) is 5.69 Å². The summed E-state index contributed by atoms with van der Waals surface area (Å²) in [4.78, 5) is 24.2. The number of fused-ring (bicyclic) bond motifs is 1. The van der Waals surface area contributed by atoms with Crippen molar-refractivity contribution in [3.63, 3.8) is 0 Å². The van der Waals surface area contributed by atoms with Crippen molar-refractivity contribution in [2.24, 2.45) is 0 Å². The van der Waals surface area contributed by atoms with Gasteiger partial charge < -0.3 is 15.2 Å². The van der Waals surface area contributed by atoms with E-state index in [-0.39, 0.29) is 24.8 Å². The zero-order chi connectivity index (χ0) is 19.0. The van der Waals surface area contributed by atoms with Crippen LogP contribution in [-0.4, -0.2) is 45.5 Å². The third-order valence-corrected chi connectivity index (χ3v) is 5.19. The van der Waals surface area contributed by atoms with Crippen LogP contribution in [0.2, 0.25) is 0 Å². The van der Waals surface area contributed by atoms with Gasteiger partial charge in [0, 0.05) is 17.9 Å². The molecular formula is C19H20FN3O4. The predicted molar refractivity (Wildman–Crippen MR) is 93.4 cm³/mol. The summed E-state index contributed by atoms with van der Waals surface area (Å²) in [6, 6.07) is 5.96. The first-order valence-electron chi connectivity index (χ1n) is 8.96. The molecule has 1 unspecified atom stereocenters. The van der Waals surface area contributed by atoms with E-state index in [2.05, 4.69) is 10.4 Å². The summed E-state index contributed by atoms with van der Waals surface area (Å²) in [5.74, 6) is -1.71. The van der Waals surface area contributed by atoms with Crippen molar-refractivity contribution >= 4 is 11.9 Å². The average molecular weight is 373 g/mol. The molecule has 1 saturated heterocycles. The highest BCUT2D eigenvalue weighted by Gasteiger charge is 2.40. The summed E-state index contributed by atoms with van der Waals surface area (Å²) in [7, 11) is 0. The second-order valence-electron chi connectivity index (χ2n) is 7.12. The Hall–Kier alpha value is -2.74. The summed E-state index contributed by atoms with van der Waals surface area (Å²) >= 11 is 0. The number of carboxylic acid groups (broad SMARTS) is 1. The zero-order valence-electron chi connectivity index (χ0n) is 14.7. The second-order valence-corrected chi connectivity index (χ2v) is 7.12. The Morgan fingerprint density at radius 1 is 1.30 bits per heavy atom. The molecule has 0 spiro atoms. The number of nitrogens with zero attached hydrogens (tertiary/aromatic N) is 2. The Morgan fingerprint density at radius 3 is 2.74 bits per heavy atom. The molecule has 0 bridgehead atoms. The fraction of sp³-hybridized carbons (Fsp3) is 0.421. The van der Waals surface area contributed by atoms with Crippen LogP contribution in [0.1, 0.15) is 41.0 Å². The first kappa shape index (κ1) is 17.7. The van der Waals surface area contributed by atoms with Gasteiger partial charge in [-0.1, -0.05) is 0 Å². The topological polar surface area (TPSA) is 93.5 Å². The standard InChI is InChI=1S/C19H20FN3O4/c20-12-4-6-13(7-5-12)23-15-3-1-2-14(15)17(22-23)18(26)21-19(10-16(24)25)8-9-27-11-19/h4-7H,1-3,8-11H2,(H,21,26)(H,24,25). The predicted octanol–water partition coefficient (Wildman–Crippen LogP) is 1.86. The number of aliphatic carboxylic acids is 1. The van der Waals surface area contributed by atoms with Crippen LogP contribution in [-0.2, 0) is 22.4 Å². The highest BCUT2D eigenvalue weighted by atomic mass is 19.1. The molecule has 27 heavy (non-hydrogen) atoms. The van der Waals surface area contributed by atoms with Gasteiger partial charge in [0.05, 0.1) is 24.3 Å². The lowest BCUT2D eigenvalue weighted by molar-refractivity contribution is -0.138. The molecule has 0 radical (unpaired) electrons. The van der Waals surface area contributed by atoms with Crippen molar-refractivity contribution in [1.82, 2.24) is 15.1 Å². The van der Waals surface area contributed by atoms with Crippen molar-refractivity contribution < 1.29 is 23.8 Å². The number of carbonyl (C=O) groups excluding carboxylic acids is 1. The smallest absolute Gasteiger partial charge is 0.305 e. The molecule has 1 aromatic carbocycles. The minimum atomic E-state index is -0.983. The maximum absolute atomic E-state index is 13.2. The number of hydrogen-bond acceptors (Lipinski definition) is 4. The molecule has 1 aromatic heterocycles. The Morgan fingerprint density at radius 2 is 2.07 bits per heavy atom. The SMILES string of the molecule is O=C(O)CC1(NC(=O)c2nn(-c3ccc(F)cc3)c3c2CCC3)CCOC1. The van der Waals surface area contributed by atoms with E-state index in [1.165, 1.54) is 12.1 Å². The lowest BCUT2D eigenvalue weighted by atomic mass is 9.94. The summed E-state index contributed by atoms with van der Waals surface area (Å²) in [6.07, 6.45) is 2.70. The number of amides is 1. The van der Waals surface area contributed by atoms with E-state index in [1.54, 1.807) is 16.8 Å². The summed E-state index contributed by atoms with van der Waals surface area (Å²) in [5, 5.41) is 16.5. The van der Waals surface area contributed by atoms with Gasteiger partial charge in [0.2, 0.25) is 0 Å². The molecule has 1 fully saturated rings. The number of rotatable bonds is 5. The fourth-order valence-corrected chi connectivity index (χ4v) is 3.89. The molecule has 2 heterocycles. The van der Waals surface area contributed by atoms with Crippen LogP contribution in [0, 0.1) is 5.82 Å². The maximum atomic E-state index is 13.2. The minimum Gasteiger partial charge on any atom is -0.481 e. The van der Waals surface area contributed by atoms with Gasteiger partial charge in [-0.3, -0.25) is 9.59 Å². The minimum absolute atomic E-state index is 0.173. The third-order valence-electron chi connectivity index (χ3n) is 5.19. The van der Waals surface area contributed by atoms with Crippen LogP contribution in [0.4, 0.5) is 4.39 Å². The molecule has 2 N–H and O–H groups in total. The zero-order valence-corrected chi connectivity index (χ0v) is 14.7. The first-order chi connectivity index (χ1) is 13.0. The average Bonchev–Trinajstić information content (AvgIpc) is 3.31. The molecule has 1 atom stereocenters. The molecular weight excluding hydrogens is 353 g/mol. The fourth-order valence-electron chi connectivity index (χ4n) is 3.89. The summed E-state index contributed by atoms with van der Waals surface area (Å²) < 4.78 is 20.3. The first-order valence-corrected chi connectivity index (χ1v) is 8.96. The van der Waals surface area contributed by atoms with Gasteiger partial charge in [-0.05, 0) is 49.9 Å². The number of benzene rings is 1. The molecule has 4 rings (SSSR count). The quantitative estimate of drug-likeness (QED) is 0.835. The van der Waals surface area contributed by atoms with Crippen LogP contribution >= 0.6 is 0 Å². The van der Waals surface area contributed by atoms with E-state index in [0.717, 1.165) is 30.5 Å². The van der Waals surface area contributed by atoms with Crippen molar-refractivity contribution in [2.75, 3.05) is 13.2 Å². The summed E-state index contributed by atoms with van der Waals surface area (Å²) in [5.41, 5.74) is 1.91. The Labute approximate surface area is 155 Å². The van der Waals surface area contributed by atoms with Crippen LogP contribution in [0.5, 0.6) is 0 Å². The number of nitrogens with one attached hydrogen (secondary N) is 1. The number of aromatic nitrogens is 2. The Kier molecular flexibility index (Phi) is 4.43. The van der Waals surface area contributed by atoms with Gasteiger partial charge in [0.25, 0.3) is 5.91 Å². The molecule has 7 nitrogen and oxygen atoms in total. The largest absolute Gasteiger partial charge is 0.481 e. The van der Waals surface area contributed by atoms with E-state index >= 15 is 0 Å². The van der Waals surface area contributed by atoms with E-state index < -0.39 is 11.5 Å². The van der Waals surface area contributed by atoms with Gasteiger partial charge in [-0.15, -0.1) is 0 Å². The van der Waals surface area contributed by atoms with E-state index in [9.17, 15) is 19.1 Å². The summed E-state index contributed by atoms with van der Waals surface area (Å²) in [6.45, 7) is 0.585. The number of carbonyl (C=O) groups is 2. The van der Waals surface area contributed by atoms with Crippen LogP contribution in [0.3, 0.4) is 0 Å². The highest BCUT2D eigenvalue weighted by Crippen LogP contribution is 2.29. The maximum Gasteiger partial charge on any atom is 0.305 e. The van der Waals surface area contributed by atoms with Crippen molar-refractivity contribution in [3.8, 4) is 5.69 Å². The molecule has 8 heteroatoms. The van der Waals surface area contributed by atoms with E-state index in [0.29, 0.717) is 24.4 Å². The van der Waals surface area contributed by atoms with Crippen LogP contribution < -0.4 is 5.32 Å². The number of hydrogen-bond donors (Lipinski definition) is 2. The second kappa shape index (κ2) is 6.77. The molecule has 1 aliphatic carbocycles. The highest BCUT2D eigenvalue weighted by molar-refractivity contribution is 5.95. The third kappa shape index (κ3) is 3.32. The van der Waals surface area contributed by atoms with Gasteiger partial charge in [0.1, 0.15) is 5.82 Å². The van der Waals surface area contributed by atoms with Gasteiger partial charge in [-0.25, -0.2) is 9.07 Å². The van der Waals surface area contributed by atoms with E-state index in [1.807, 2.05) is 0 Å². The van der Waals surface area contributed by atoms with Gasteiger partial charge >= 0.3 is 5.97 Å². The number of carboxylic acids is 1. The Balaban J connectivity index is 1.66. The molecule has 1 amide bonds. The lowest BCUT2D eigenvalue weighted by Gasteiger charge is -2.26. The number of ether oxygens (including phenoxy) is 1. The van der Waals surface area contributed by atoms with E-state index in [4.69, 9.17) is 4.74 Å². The number of halogens is 1. The molecule has 142 valence electrons. The van der Waals surface area contributed by atoms with Crippen molar-refractivity contribution in [1.29, 1.82) is 0 Å². The van der Waals surface area contributed by atoms with Gasteiger partial charge in [-0.2, -0.15) is 5.10 Å².